The topological polar surface area (TPSA) is 75.6 Å². The Morgan fingerprint density at radius 2 is 2.07 bits per heavy atom. The number of aliphatic hydroxyl groups is 1. The fraction of sp³-hybridized carbons (Fsp3) is 1.00. The molecule has 0 amide bonds. The highest BCUT2D eigenvalue weighted by Crippen LogP contribution is 2.14. The summed E-state index contributed by atoms with van der Waals surface area (Å²) in [6.45, 7) is 2.92. The van der Waals surface area contributed by atoms with Crippen molar-refractivity contribution in [2.75, 3.05) is 19.8 Å². The molecule has 0 radical (unpaired) electrons. The lowest BCUT2D eigenvalue weighted by molar-refractivity contribution is 0.0980. The summed E-state index contributed by atoms with van der Waals surface area (Å²) < 4.78 is 31.0. The van der Waals surface area contributed by atoms with Gasteiger partial charge in [0.1, 0.15) is 0 Å². The van der Waals surface area contributed by atoms with E-state index in [1.807, 2.05) is 6.92 Å². The van der Waals surface area contributed by atoms with Crippen molar-refractivity contribution in [2.24, 2.45) is 0 Å². The molecule has 0 spiro atoms. The van der Waals surface area contributed by atoms with Gasteiger partial charge < -0.3 is 9.84 Å². The molecule has 1 aliphatic rings. The van der Waals surface area contributed by atoms with Crippen LogP contribution >= 0.6 is 0 Å². The van der Waals surface area contributed by atoms with Gasteiger partial charge in [-0.25, -0.2) is 13.1 Å². The Morgan fingerprint density at radius 3 is 2.60 bits per heavy atom. The minimum atomic E-state index is -3.28. The molecule has 1 atom stereocenters. The second kappa shape index (κ2) is 5.79. The highest BCUT2D eigenvalue weighted by molar-refractivity contribution is 7.90. The first kappa shape index (κ1) is 12.9. The fourth-order valence-corrected chi connectivity index (χ4v) is 2.93. The van der Waals surface area contributed by atoms with E-state index in [1.165, 1.54) is 0 Å². The van der Waals surface area contributed by atoms with E-state index in [1.54, 1.807) is 0 Å². The number of rotatable bonds is 5. The normalized spacial score (nSPS) is 21.5. The highest BCUT2D eigenvalue weighted by atomic mass is 32.2. The van der Waals surface area contributed by atoms with Crippen molar-refractivity contribution in [1.29, 1.82) is 0 Å². The summed E-state index contributed by atoms with van der Waals surface area (Å²) in [7, 11) is -3.28. The van der Waals surface area contributed by atoms with Crippen LogP contribution in [-0.2, 0) is 14.8 Å². The van der Waals surface area contributed by atoms with Crippen LogP contribution in [0.1, 0.15) is 26.2 Å². The Hall–Kier alpha value is -0.170. The van der Waals surface area contributed by atoms with Gasteiger partial charge in [0.2, 0.25) is 10.0 Å². The first-order chi connectivity index (χ1) is 7.06. The molecule has 6 heteroatoms. The SMILES string of the molecule is CCC(O)CNS(=O)(=O)C1CCOCC1. The maximum absolute atomic E-state index is 11.7. The molecule has 1 heterocycles. The maximum Gasteiger partial charge on any atom is 0.214 e. The predicted octanol–water partition coefficient (Wildman–Crippen LogP) is -0.144. The third-order valence-electron chi connectivity index (χ3n) is 2.60. The van der Waals surface area contributed by atoms with Gasteiger partial charge >= 0.3 is 0 Å². The molecule has 0 saturated carbocycles. The molecule has 1 fully saturated rings. The van der Waals surface area contributed by atoms with Crippen LogP contribution in [0.2, 0.25) is 0 Å². The number of hydrogen-bond acceptors (Lipinski definition) is 4. The molecule has 1 saturated heterocycles. The van der Waals surface area contributed by atoms with Gasteiger partial charge in [-0.1, -0.05) is 6.92 Å². The smallest absolute Gasteiger partial charge is 0.214 e. The van der Waals surface area contributed by atoms with Crippen molar-refractivity contribution < 1.29 is 18.3 Å². The summed E-state index contributed by atoms with van der Waals surface area (Å²) in [5.41, 5.74) is 0. The molecule has 0 aromatic carbocycles. The van der Waals surface area contributed by atoms with Crippen LogP contribution in [0.25, 0.3) is 0 Å². The lowest BCUT2D eigenvalue weighted by Gasteiger charge is -2.22. The van der Waals surface area contributed by atoms with Crippen LogP contribution in [-0.4, -0.2) is 44.6 Å². The number of aliphatic hydroxyl groups excluding tert-OH is 1. The second-order valence-electron chi connectivity index (χ2n) is 3.77. The molecule has 1 aliphatic heterocycles. The average Bonchev–Trinajstić information content (AvgIpc) is 2.27. The summed E-state index contributed by atoms with van der Waals surface area (Å²) >= 11 is 0. The fourth-order valence-electron chi connectivity index (χ4n) is 1.46. The standard InChI is InChI=1S/C9H19NO4S/c1-2-8(11)7-10-15(12,13)9-3-5-14-6-4-9/h8-11H,2-7H2,1H3. The Labute approximate surface area is 90.9 Å². The van der Waals surface area contributed by atoms with Gasteiger partial charge in [-0.05, 0) is 19.3 Å². The van der Waals surface area contributed by atoms with E-state index in [4.69, 9.17) is 4.74 Å². The van der Waals surface area contributed by atoms with Crippen molar-refractivity contribution in [2.45, 2.75) is 37.5 Å². The zero-order valence-electron chi connectivity index (χ0n) is 8.98. The predicted molar refractivity (Wildman–Crippen MR) is 57.1 cm³/mol. The molecule has 0 aromatic rings. The van der Waals surface area contributed by atoms with Gasteiger partial charge in [-0.2, -0.15) is 0 Å². The lowest BCUT2D eigenvalue weighted by atomic mass is 10.2. The minimum absolute atomic E-state index is 0.107. The lowest BCUT2D eigenvalue weighted by Crippen LogP contribution is -2.41. The molecule has 0 bridgehead atoms. The summed E-state index contributed by atoms with van der Waals surface area (Å²) in [6.07, 6.45) is 1.03. The molecule has 1 unspecified atom stereocenters. The molecule has 90 valence electrons. The summed E-state index contributed by atoms with van der Waals surface area (Å²) in [5, 5.41) is 8.90. The summed E-state index contributed by atoms with van der Waals surface area (Å²) in [5.74, 6) is 0. The van der Waals surface area contributed by atoms with Gasteiger partial charge in [0.05, 0.1) is 11.4 Å². The van der Waals surface area contributed by atoms with Crippen molar-refractivity contribution >= 4 is 10.0 Å². The van der Waals surface area contributed by atoms with Crippen molar-refractivity contribution in [1.82, 2.24) is 4.72 Å². The third-order valence-corrected chi connectivity index (χ3v) is 4.52. The van der Waals surface area contributed by atoms with Crippen LogP contribution in [0.15, 0.2) is 0 Å². The Balaban J connectivity index is 2.43. The van der Waals surface area contributed by atoms with Crippen LogP contribution < -0.4 is 4.72 Å². The van der Waals surface area contributed by atoms with E-state index < -0.39 is 16.1 Å². The van der Waals surface area contributed by atoms with Crippen molar-refractivity contribution in [3.8, 4) is 0 Å². The van der Waals surface area contributed by atoms with Gasteiger partial charge in [-0.15, -0.1) is 0 Å². The van der Waals surface area contributed by atoms with E-state index >= 15 is 0 Å². The quantitative estimate of drug-likeness (QED) is 0.697. The van der Waals surface area contributed by atoms with Crippen LogP contribution in [0, 0.1) is 0 Å². The molecule has 5 nitrogen and oxygen atoms in total. The first-order valence-corrected chi connectivity index (χ1v) is 6.85. The number of ether oxygens (including phenoxy) is 1. The van der Waals surface area contributed by atoms with E-state index in [2.05, 4.69) is 4.72 Å². The molecular weight excluding hydrogens is 218 g/mol. The molecule has 15 heavy (non-hydrogen) atoms. The average molecular weight is 237 g/mol. The van der Waals surface area contributed by atoms with Gasteiger partial charge in [0.15, 0.2) is 0 Å². The molecule has 1 rings (SSSR count). The zero-order valence-corrected chi connectivity index (χ0v) is 9.79. The van der Waals surface area contributed by atoms with Crippen LogP contribution in [0.4, 0.5) is 0 Å². The molecule has 0 aromatic heterocycles. The molecule has 2 N–H and O–H groups in total. The van der Waals surface area contributed by atoms with E-state index in [9.17, 15) is 13.5 Å². The zero-order chi connectivity index (χ0) is 11.3. The largest absolute Gasteiger partial charge is 0.392 e. The second-order valence-corrected chi connectivity index (χ2v) is 5.81. The highest BCUT2D eigenvalue weighted by Gasteiger charge is 2.27. The van der Waals surface area contributed by atoms with Crippen LogP contribution in [0.5, 0.6) is 0 Å². The molecular formula is C9H19NO4S. The van der Waals surface area contributed by atoms with Gasteiger partial charge in [0.25, 0.3) is 0 Å². The van der Waals surface area contributed by atoms with Crippen molar-refractivity contribution in [3.63, 3.8) is 0 Å². The van der Waals surface area contributed by atoms with Crippen LogP contribution in [0.3, 0.4) is 0 Å². The van der Waals surface area contributed by atoms with E-state index in [0.29, 0.717) is 32.5 Å². The van der Waals surface area contributed by atoms with E-state index in [0.717, 1.165) is 0 Å². The minimum Gasteiger partial charge on any atom is -0.392 e. The van der Waals surface area contributed by atoms with Gasteiger partial charge in [0, 0.05) is 19.8 Å². The number of nitrogens with one attached hydrogen (secondary N) is 1. The summed E-state index contributed by atoms with van der Waals surface area (Å²) in [4.78, 5) is 0. The Kier molecular flexibility index (Phi) is 4.98. The summed E-state index contributed by atoms with van der Waals surface area (Å²) in [6, 6.07) is 0. The molecule has 0 aliphatic carbocycles. The maximum atomic E-state index is 11.7. The first-order valence-electron chi connectivity index (χ1n) is 5.30. The Bertz CT molecular complexity index is 272. The third kappa shape index (κ3) is 4.06. The van der Waals surface area contributed by atoms with E-state index in [-0.39, 0.29) is 11.8 Å². The monoisotopic (exact) mass is 237 g/mol. The Morgan fingerprint density at radius 1 is 1.47 bits per heavy atom. The number of hydrogen-bond donors (Lipinski definition) is 2. The number of sulfonamides is 1. The van der Waals surface area contributed by atoms with Gasteiger partial charge in [-0.3, -0.25) is 0 Å². The van der Waals surface area contributed by atoms with Crippen molar-refractivity contribution in [3.05, 3.63) is 0 Å².